The molecule has 1 aromatic rings. The lowest BCUT2D eigenvalue weighted by Gasteiger charge is -2.40. The molecule has 9 nitrogen and oxygen atoms in total. The minimum atomic E-state index is -1.40. The third-order valence-electron chi connectivity index (χ3n) is 4.38. The highest BCUT2D eigenvalue weighted by molar-refractivity contribution is 6.76. The molecule has 0 unspecified atom stereocenters. The van der Waals surface area contributed by atoms with E-state index >= 15 is 0 Å². The van der Waals surface area contributed by atoms with Gasteiger partial charge in [-0.3, -0.25) is 0 Å². The Morgan fingerprint density at radius 1 is 1.25 bits per heavy atom. The molecule has 0 spiro atoms. The Labute approximate surface area is 164 Å². The number of azide groups is 1. The van der Waals surface area contributed by atoms with Crippen LogP contribution in [-0.4, -0.2) is 68.1 Å². The van der Waals surface area contributed by atoms with Crippen molar-refractivity contribution in [3.05, 3.63) is 46.3 Å². The van der Waals surface area contributed by atoms with E-state index in [-0.39, 0.29) is 6.61 Å². The van der Waals surface area contributed by atoms with E-state index in [9.17, 15) is 15.0 Å². The summed E-state index contributed by atoms with van der Waals surface area (Å²) in [5.41, 5.74) is 9.12. The fourth-order valence-electron chi connectivity index (χ4n) is 2.67. The first-order valence-electron chi connectivity index (χ1n) is 9.12. The number of aliphatic hydroxyl groups is 2. The van der Waals surface area contributed by atoms with Gasteiger partial charge in [-0.05, 0) is 23.7 Å². The molecule has 1 saturated heterocycles. The lowest BCUT2D eigenvalue weighted by Crippen LogP contribution is -2.58. The van der Waals surface area contributed by atoms with Gasteiger partial charge in [-0.1, -0.05) is 43.0 Å². The predicted molar refractivity (Wildman–Crippen MR) is 104 cm³/mol. The first kappa shape index (κ1) is 22.3. The summed E-state index contributed by atoms with van der Waals surface area (Å²) in [4.78, 5) is 14.8. The smallest absolute Gasteiger partial charge is 0.338 e. The molecular weight excluding hydrogens is 382 g/mol. The summed E-state index contributed by atoms with van der Waals surface area (Å²) in [6, 6.07) is 8.16. The van der Waals surface area contributed by atoms with Gasteiger partial charge >= 0.3 is 5.97 Å². The van der Waals surface area contributed by atoms with Crippen LogP contribution in [0, 0.1) is 0 Å². The lowest BCUT2D eigenvalue weighted by atomic mass is 9.97. The lowest BCUT2D eigenvalue weighted by molar-refractivity contribution is -0.264. The average molecular weight is 410 g/mol. The number of hydrogen-bond acceptors (Lipinski definition) is 7. The molecule has 0 saturated carbocycles. The highest BCUT2D eigenvalue weighted by Crippen LogP contribution is 2.26. The van der Waals surface area contributed by atoms with E-state index in [0.717, 1.165) is 6.04 Å². The van der Waals surface area contributed by atoms with Crippen molar-refractivity contribution in [2.45, 2.75) is 56.3 Å². The number of rotatable bonds is 8. The summed E-state index contributed by atoms with van der Waals surface area (Å²) in [7, 11) is -1.36. The van der Waals surface area contributed by atoms with Gasteiger partial charge in [0.05, 0.1) is 11.7 Å². The van der Waals surface area contributed by atoms with E-state index in [1.165, 1.54) is 0 Å². The van der Waals surface area contributed by atoms with Crippen LogP contribution in [0.4, 0.5) is 0 Å². The monoisotopic (exact) mass is 409 g/mol. The van der Waals surface area contributed by atoms with Gasteiger partial charge < -0.3 is 24.4 Å². The first-order valence-corrected chi connectivity index (χ1v) is 12.8. The van der Waals surface area contributed by atoms with E-state index < -0.39 is 44.7 Å². The Morgan fingerprint density at radius 3 is 2.54 bits per heavy atom. The second-order valence-corrected chi connectivity index (χ2v) is 13.5. The second kappa shape index (κ2) is 10.0. The molecule has 154 valence electrons. The molecule has 1 heterocycles. The molecule has 2 N–H and O–H groups in total. The molecule has 2 rings (SSSR count). The van der Waals surface area contributed by atoms with Crippen molar-refractivity contribution < 1.29 is 29.2 Å². The second-order valence-electron chi connectivity index (χ2n) is 7.87. The maximum absolute atomic E-state index is 12.1. The Bertz CT molecular complexity index is 692. The average Bonchev–Trinajstić information content (AvgIpc) is 2.65. The molecule has 1 aliphatic heterocycles. The van der Waals surface area contributed by atoms with E-state index in [2.05, 4.69) is 29.7 Å². The molecule has 0 aliphatic carbocycles. The summed E-state index contributed by atoms with van der Waals surface area (Å²) in [6.07, 6.45) is -4.84. The molecule has 1 fully saturated rings. The molecular formula is C18H27N3O6Si. The molecule has 0 bridgehead atoms. The van der Waals surface area contributed by atoms with Crippen molar-refractivity contribution in [3.63, 3.8) is 0 Å². The van der Waals surface area contributed by atoms with Crippen molar-refractivity contribution in [1.82, 2.24) is 0 Å². The van der Waals surface area contributed by atoms with Crippen LogP contribution < -0.4 is 0 Å². The van der Waals surface area contributed by atoms with Crippen LogP contribution in [0.15, 0.2) is 35.4 Å². The van der Waals surface area contributed by atoms with Crippen LogP contribution in [-0.2, 0) is 14.2 Å². The minimum Gasteiger partial charge on any atom is -0.459 e. The van der Waals surface area contributed by atoms with Crippen molar-refractivity contribution in [3.8, 4) is 0 Å². The standard InChI is InChI=1S/C18H27N3O6Si/c1-28(2,3)10-9-25-18-14(20-21-19)16(23)15(22)13(27-18)11-26-17(24)12-7-5-4-6-8-12/h4-8,13-16,18,22-23H,9-11H2,1-3H3/t13-,14-,15+,16-,18-/m1/s1. The number of carbonyl (C=O) groups excluding carboxylic acids is 1. The third kappa shape index (κ3) is 6.30. The maximum Gasteiger partial charge on any atom is 0.338 e. The largest absolute Gasteiger partial charge is 0.459 e. The highest BCUT2D eigenvalue weighted by Gasteiger charge is 2.45. The number of benzene rings is 1. The number of carbonyl (C=O) groups is 1. The SMILES string of the molecule is C[Si](C)(C)CCO[C@@H]1O[C@H](COC(=O)c2ccccc2)[C@H](O)[C@H](O)[C@H]1N=[N+]=[N-]. The summed E-state index contributed by atoms with van der Waals surface area (Å²) < 4.78 is 16.6. The maximum atomic E-state index is 12.1. The van der Waals surface area contributed by atoms with Gasteiger partial charge in [-0.15, -0.1) is 0 Å². The molecule has 0 radical (unpaired) electrons. The van der Waals surface area contributed by atoms with Crippen molar-refractivity contribution in [1.29, 1.82) is 0 Å². The van der Waals surface area contributed by atoms with Gasteiger partial charge in [-0.25, -0.2) is 4.79 Å². The van der Waals surface area contributed by atoms with Crippen LogP contribution >= 0.6 is 0 Å². The zero-order valence-electron chi connectivity index (χ0n) is 16.3. The van der Waals surface area contributed by atoms with Crippen LogP contribution in [0.5, 0.6) is 0 Å². The van der Waals surface area contributed by atoms with Gasteiger partial charge in [-0.2, -0.15) is 0 Å². The van der Waals surface area contributed by atoms with E-state index in [0.29, 0.717) is 12.2 Å². The Morgan fingerprint density at radius 2 is 1.93 bits per heavy atom. The number of nitrogens with zero attached hydrogens (tertiary/aromatic N) is 3. The van der Waals surface area contributed by atoms with Gasteiger partial charge in [0.1, 0.15) is 24.9 Å². The number of ether oxygens (including phenoxy) is 3. The van der Waals surface area contributed by atoms with E-state index in [4.69, 9.17) is 19.7 Å². The van der Waals surface area contributed by atoms with Gasteiger partial charge in [0.2, 0.25) is 0 Å². The number of aliphatic hydroxyl groups excluding tert-OH is 2. The highest BCUT2D eigenvalue weighted by atomic mass is 28.3. The predicted octanol–water partition coefficient (Wildman–Crippen LogP) is 2.32. The number of esters is 1. The molecule has 5 atom stereocenters. The molecule has 1 aliphatic rings. The van der Waals surface area contributed by atoms with Crippen LogP contribution in [0.2, 0.25) is 25.7 Å². The van der Waals surface area contributed by atoms with Crippen LogP contribution in [0.3, 0.4) is 0 Å². The summed E-state index contributed by atoms with van der Waals surface area (Å²) in [5.74, 6) is -0.570. The van der Waals surface area contributed by atoms with Crippen molar-refractivity contribution in [2.24, 2.45) is 5.11 Å². The normalized spacial score (nSPS) is 27.7. The summed E-state index contributed by atoms with van der Waals surface area (Å²) in [6.45, 7) is 6.66. The van der Waals surface area contributed by atoms with Crippen molar-refractivity contribution >= 4 is 14.0 Å². The number of hydrogen-bond donors (Lipinski definition) is 2. The van der Waals surface area contributed by atoms with Crippen molar-refractivity contribution in [2.75, 3.05) is 13.2 Å². The zero-order valence-corrected chi connectivity index (χ0v) is 17.3. The molecule has 1 aromatic carbocycles. The molecule has 0 aromatic heterocycles. The fourth-order valence-corrected chi connectivity index (χ4v) is 3.40. The van der Waals surface area contributed by atoms with Crippen LogP contribution in [0.25, 0.3) is 10.4 Å². The first-order chi connectivity index (χ1) is 13.2. The Hall–Kier alpha value is -1.94. The van der Waals surface area contributed by atoms with Gasteiger partial charge in [0.25, 0.3) is 0 Å². The fraction of sp³-hybridized carbons (Fsp3) is 0.611. The minimum absolute atomic E-state index is 0.275. The topological polar surface area (TPSA) is 134 Å². The van der Waals surface area contributed by atoms with Gasteiger partial charge in [0.15, 0.2) is 6.29 Å². The summed E-state index contributed by atoms with van der Waals surface area (Å²) >= 11 is 0. The third-order valence-corrected chi connectivity index (χ3v) is 6.08. The molecule has 10 heteroatoms. The molecule has 28 heavy (non-hydrogen) atoms. The van der Waals surface area contributed by atoms with E-state index in [1.54, 1.807) is 30.3 Å². The zero-order chi connectivity index (χ0) is 20.7. The summed E-state index contributed by atoms with van der Waals surface area (Å²) in [5, 5.41) is 24.1. The van der Waals surface area contributed by atoms with E-state index in [1.807, 2.05) is 0 Å². The molecule has 0 amide bonds. The Kier molecular flexibility index (Phi) is 7.99. The quantitative estimate of drug-likeness (QED) is 0.222. The van der Waals surface area contributed by atoms with Gasteiger partial charge in [0, 0.05) is 19.6 Å². The Balaban J connectivity index is 2.01. The van der Waals surface area contributed by atoms with Crippen LogP contribution in [0.1, 0.15) is 10.4 Å².